The smallest absolute Gasteiger partial charge is 0.138 e. The third kappa shape index (κ3) is 4.01. The SMILES string of the molecule is Clc1ccc(OCc2c(-c3ccccc3)cccc2-c2cncnc2)c(Cl)c1. The third-order valence-corrected chi connectivity index (χ3v) is 4.93. The second kappa shape index (κ2) is 8.42. The molecule has 5 heteroatoms. The number of ether oxygens (including phenoxy) is 1. The molecule has 0 radical (unpaired) electrons. The number of rotatable bonds is 5. The van der Waals surface area contributed by atoms with Gasteiger partial charge in [0.1, 0.15) is 18.7 Å². The van der Waals surface area contributed by atoms with Crippen LogP contribution in [-0.2, 0) is 6.61 Å². The summed E-state index contributed by atoms with van der Waals surface area (Å²) in [5, 5.41) is 1.05. The molecule has 28 heavy (non-hydrogen) atoms. The summed E-state index contributed by atoms with van der Waals surface area (Å²) in [5.74, 6) is 0.587. The summed E-state index contributed by atoms with van der Waals surface area (Å²) in [6, 6.07) is 21.6. The van der Waals surface area contributed by atoms with Gasteiger partial charge in [0.2, 0.25) is 0 Å². The number of aromatic nitrogens is 2. The fraction of sp³-hybridized carbons (Fsp3) is 0.0435. The van der Waals surface area contributed by atoms with Crippen LogP contribution in [0.25, 0.3) is 22.3 Å². The van der Waals surface area contributed by atoms with Crippen LogP contribution in [0.5, 0.6) is 5.75 Å². The van der Waals surface area contributed by atoms with Crippen molar-refractivity contribution in [3.05, 3.63) is 101 Å². The third-order valence-electron chi connectivity index (χ3n) is 4.40. The minimum Gasteiger partial charge on any atom is -0.487 e. The fourth-order valence-corrected chi connectivity index (χ4v) is 3.54. The molecular weight excluding hydrogens is 391 g/mol. The molecule has 3 nitrogen and oxygen atoms in total. The molecule has 0 atom stereocenters. The molecular formula is C23H16Cl2N2O. The van der Waals surface area contributed by atoms with Gasteiger partial charge in [-0.05, 0) is 34.9 Å². The molecule has 0 saturated heterocycles. The maximum absolute atomic E-state index is 6.28. The van der Waals surface area contributed by atoms with Crippen molar-refractivity contribution in [1.29, 1.82) is 0 Å². The second-order valence-electron chi connectivity index (χ2n) is 6.19. The van der Waals surface area contributed by atoms with E-state index in [1.54, 1.807) is 30.6 Å². The van der Waals surface area contributed by atoms with Crippen molar-refractivity contribution < 1.29 is 4.74 Å². The lowest BCUT2D eigenvalue weighted by Crippen LogP contribution is -2.01. The second-order valence-corrected chi connectivity index (χ2v) is 7.03. The van der Waals surface area contributed by atoms with E-state index in [0.717, 1.165) is 27.8 Å². The van der Waals surface area contributed by atoms with Gasteiger partial charge < -0.3 is 4.74 Å². The summed E-state index contributed by atoms with van der Waals surface area (Å²) in [4.78, 5) is 8.32. The van der Waals surface area contributed by atoms with Gasteiger partial charge in [-0.3, -0.25) is 0 Å². The highest BCUT2D eigenvalue weighted by Crippen LogP contribution is 2.34. The standard InChI is InChI=1S/C23H16Cl2N2O/c24-18-9-10-23(22(25)11-18)28-14-21-19(16-5-2-1-3-6-16)7-4-8-20(21)17-12-26-15-27-13-17/h1-13,15H,14H2. The molecule has 0 unspecified atom stereocenters. The van der Waals surface area contributed by atoms with Crippen LogP contribution < -0.4 is 4.74 Å². The number of halogens is 2. The molecule has 0 aliphatic rings. The first-order chi connectivity index (χ1) is 13.7. The van der Waals surface area contributed by atoms with Crippen molar-refractivity contribution in [1.82, 2.24) is 9.97 Å². The number of nitrogens with zero attached hydrogens (tertiary/aromatic N) is 2. The molecule has 138 valence electrons. The van der Waals surface area contributed by atoms with Crippen molar-refractivity contribution in [2.24, 2.45) is 0 Å². The van der Waals surface area contributed by atoms with E-state index in [1.165, 1.54) is 6.33 Å². The van der Waals surface area contributed by atoms with E-state index in [9.17, 15) is 0 Å². The van der Waals surface area contributed by atoms with Gasteiger partial charge >= 0.3 is 0 Å². The van der Waals surface area contributed by atoms with E-state index in [2.05, 4.69) is 28.2 Å². The molecule has 1 heterocycles. The highest BCUT2D eigenvalue weighted by Gasteiger charge is 2.14. The molecule has 0 spiro atoms. The molecule has 0 aliphatic heterocycles. The topological polar surface area (TPSA) is 35.0 Å². The van der Waals surface area contributed by atoms with Crippen LogP contribution in [-0.4, -0.2) is 9.97 Å². The van der Waals surface area contributed by atoms with Gasteiger partial charge in [-0.1, -0.05) is 71.7 Å². The van der Waals surface area contributed by atoms with Gasteiger partial charge in [-0.2, -0.15) is 0 Å². The van der Waals surface area contributed by atoms with Gasteiger partial charge in [-0.25, -0.2) is 9.97 Å². The predicted octanol–water partition coefficient (Wildman–Crippen LogP) is 6.70. The molecule has 1 aromatic heterocycles. The number of benzene rings is 3. The summed E-state index contributed by atoms with van der Waals surface area (Å²) in [5.41, 5.74) is 5.19. The Morgan fingerprint density at radius 2 is 1.46 bits per heavy atom. The zero-order valence-corrected chi connectivity index (χ0v) is 16.4. The first-order valence-corrected chi connectivity index (χ1v) is 9.48. The maximum atomic E-state index is 6.28. The lowest BCUT2D eigenvalue weighted by atomic mass is 9.93. The Balaban J connectivity index is 1.78. The first kappa shape index (κ1) is 18.5. The van der Waals surface area contributed by atoms with E-state index >= 15 is 0 Å². The minimum atomic E-state index is 0.344. The monoisotopic (exact) mass is 406 g/mol. The Labute approximate surface area is 173 Å². The van der Waals surface area contributed by atoms with Crippen molar-refractivity contribution in [2.45, 2.75) is 6.61 Å². The van der Waals surface area contributed by atoms with Crippen molar-refractivity contribution in [3.63, 3.8) is 0 Å². The van der Waals surface area contributed by atoms with Crippen LogP contribution in [0, 0.1) is 0 Å². The largest absolute Gasteiger partial charge is 0.487 e. The van der Waals surface area contributed by atoms with E-state index in [-0.39, 0.29) is 0 Å². The van der Waals surface area contributed by atoms with E-state index in [0.29, 0.717) is 22.4 Å². The Bertz CT molecular complexity index is 1030. The molecule has 4 aromatic rings. The average Bonchev–Trinajstić information content (AvgIpc) is 2.74. The average molecular weight is 407 g/mol. The molecule has 3 aromatic carbocycles. The van der Waals surface area contributed by atoms with E-state index in [4.69, 9.17) is 27.9 Å². The van der Waals surface area contributed by atoms with Crippen molar-refractivity contribution in [3.8, 4) is 28.0 Å². The van der Waals surface area contributed by atoms with Crippen LogP contribution in [0.1, 0.15) is 5.56 Å². The highest BCUT2D eigenvalue weighted by atomic mass is 35.5. The normalized spacial score (nSPS) is 10.6. The van der Waals surface area contributed by atoms with Gasteiger partial charge in [0.25, 0.3) is 0 Å². The Morgan fingerprint density at radius 1 is 0.750 bits per heavy atom. The van der Waals surface area contributed by atoms with Gasteiger partial charge in [-0.15, -0.1) is 0 Å². The first-order valence-electron chi connectivity index (χ1n) is 8.73. The van der Waals surface area contributed by atoms with Crippen molar-refractivity contribution in [2.75, 3.05) is 0 Å². The number of hydrogen-bond donors (Lipinski definition) is 0. The van der Waals surface area contributed by atoms with Crippen LogP contribution in [0.2, 0.25) is 10.0 Å². The lowest BCUT2D eigenvalue weighted by Gasteiger charge is -2.17. The Kier molecular flexibility index (Phi) is 5.56. The summed E-state index contributed by atoms with van der Waals surface area (Å²) < 4.78 is 6.07. The quantitative estimate of drug-likeness (QED) is 0.369. The zero-order valence-electron chi connectivity index (χ0n) is 14.8. The summed E-state index contributed by atoms with van der Waals surface area (Å²) in [6.45, 7) is 0.344. The Hall–Kier alpha value is -2.88. The van der Waals surface area contributed by atoms with Gasteiger partial charge in [0.15, 0.2) is 0 Å². The molecule has 0 N–H and O–H groups in total. The van der Waals surface area contributed by atoms with Gasteiger partial charge in [0, 0.05) is 28.5 Å². The molecule has 0 amide bonds. The summed E-state index contributed by atoms with van der Waals surface area (Å²) >= 11 is 12.3. The van der Waals surface area contributed by atoms with Crippen LogP contribution in [0.4, 0.5) is 0 Å². The molecule has 0 fully saturated rings. The fourth-order valence-electron chi connectivity index (χ4n) is 3.08. The Morgan fingerprint density at radius 3 is 2.18 bits per heavy atom. The lowest BCUT2D eigenvalue weighted by molar-refractivity contribution is 0.307. The van der Waals surface area contributed by atoms with E-state index < -0.39 is 0 Å². The van der Waals surface area contributed by atoms with E-state index in [1.807, 2.05) is 30.3 Å². The predicted molar refractivity (Wildman–Crippen MR) is 114 cm³/mol. The zero-order chi connectivity index (χ0) is 19.3. The highest BCUT2D eigenvalue weighted by molar-refractivity contribution is 6.35. The molecule has 0 aliphatic carbocycles. The molecule has 4 rings (SSSR count). The number of hydrogen-bond acceptors (Lipinski definition) is 3. The maximum Gasteiger partial charge on any atom is 0.138 e. The molecule has 0 saturated carbocycles. The van der Waals surface area contributed by atoms with Crippen LogP contribution in [0.15, 0.2) is 85.5 Å². The van der Waals surface area contributed by atoms with Gasteiger partial charge in [0.05, 0.1) is 5.02 Å². The minimum absolute atomic E-state index is 0.344. The van der Waals surface area contributed by atoms with Crippen molar-refractivity contribution >= 4 is 23.2 Å². The molecule has 0 bridgehead atoms. The summed E-state index contributed by atoms with van der Waals surface area (Å²) in [7, 11) is 0. The van der Waals surface area contributed by atoms with Crippen LogP contribution in [0.3, 0.4) is 0 Å². The van der Waals surface area contributed by atoms with Crippen LogP contribution >= 0.6 is 23.2 Å². The summed E-state index contributed by atoms with van der Waals surface area (Å²) in [6.07, 6.45) is 5.12.